The van der Waals surface area contributed by atoms with Gasteiger partial charge < -0.3 is 14.8 Å². The minimum Gasteiger partial charge on any atom is -0.494 e. The fourth-order valence-corrected chi connectivity index (χ4v) is 3.44. The topological polar surface area (TPSA) is 60.5 Å². The van der Waals surface area contributed by atoms with Crippen molar-refractivity contribution in [3.63, 3.8) is 0 Å². The first-order valence-electron chi connectivity index (χ1n) is 9.73. The molecule has 0 bridgehead atoms. The van der Waals surface area contributed by atoms with Crippen molar-refractivity contribution in [3.8, 4) is 11.6 Å². The van der Waals surface area contributed by atoms with Crippen LogP contribution in [0.25, 0.3) is 5.57 Å². The highest BCUT2D eigenvalue weighted by Crippen LogP contribution is 2.38. The first-order valence-corrected chi connectivity index (χ1v) is 9.73. The summed E-state index contributed by atoms with van der Waals surface area (Å²) in [5.41, 5.74) is 3.23. The lowest BCUT2D eigenvalue weighted by Gasteiger charge is -2.37. The second-order valence-electron chi connectivity index (χ2n) is 7.38. The van der Waals surface area contributed by atoms with Gasteiger partial charge in [-0.25, -0.2) is 4.98 Å². The summed E-state index contributed by atoms with van der Waals surface area (Å²) in [4.78, 5) is 17.0. The molecule has 1 aromatic carbocycles. The fourth-order valence-electron chi connectivity index (χ4n) is 3.44. The molecule has 2 heterocycles. The van der Waals surface area contributed by atoms with E-state index in [9.17, 15) is 4.79 Å². The van der Waals surface area contributed by atoms with Crippen LogP contribution in [0.4, 0.5) is 0 Å². The molecule has 5 nitrogen and oxygen atoms in total. The molecule has 1 atom stereocenters. The number of nitrogens with zero attached hydrogens (tertiary/aromatic N) is 1. The second-order valence-corrected chi connectivity index (χ2v) is 7.38. The molecule has 1 N–H and O–H groups in total. The number of carbonyl (C=O) groups is 1. The quantitative estimate of drug-likeness (QED) is 0.720. The number of carbonyl (C=O) groups excluding carboxylic acids is 1. The zero-order chi connectivity index (χ0) is 20.1. The van der Waals surface area contributed by atoms with E-state index in [0.29, 0.717) is 12.3 Å². The number of methoxy groups -OCH3 is 1. The molecule has 1 aliphatic rings. The normalized spacial score (nSPS) is 19.4. The number of unbranched alkanes of at least 4 members (excludes halogenated alkanes) is 1. The van der Waals surface area contributed by atoms with E-state index in [2.05, 4.69) is 24.1 Å². The molecule has 0 radical (unpaired) electrons. The van der Waals surface area contributed by atoms with Crippen LogP contribution >= 0.6 is 0 Å². The first-order chi connectivity index (χ1) is 13.5. The number of aromatic nitrogens is 1. The van der Waals surface area contributed by atoms with E-state index in [4.69, 9.17) is 9.47 Å². The smallest absolute Gasteiger partial charge is 0.247 e. The van der Waals surface area contributed by atoms with E-state index in [-0.39, 0.29) is 5.91 Å². The van der Waals surface area contributed by atoms with Crippen LogP contribution in [0.5, 0.6) is 11.6 Å². The van der Waals surface area contributed by atoms with E-state index in [0.717, 1.165) is 47.5 Å². The maximum absolute atomic E-state index is 12.7. The molecule has 5 heteroatoms. The van der Waals surface area contributed by atoms with E-state index in [1.807, 2.05) is 43.3 Å². The van der Waals surface area contributed by atoms with Crippen LogP contribution in [0.3, 0.4) is 0 Å². The molecule has 0 fully saturated rings. The highest BCUT2D eigenvalue weighted by molar-refractivity contribution is 6.03. The van der Waals surface area contributed by atoms with Crippen molar-refractivity contribution in [1.29, 1.82) is 0 Å². The number of ether oxygens (including phenoxy) is 2. The maximum Gasteiger partial charge on any atom is 0.247 e. The molecular formula is C23H28N2O3. The molecule has 3 rings (SSSR count). The molecule has 2 aromatic rings. The lowest BCUT2D eigenvalue weighted by atomic mass is 9.79. The van der Waals surface area contributed by atoms with Crippen molar-refractivity contribution >= 4 is 11.5 Å². The Bertz CT molecular complexity index is 856. The zero-order valence-electron chi connectivity index (χ0n) is 17.0. The van der Waals surface area contributed by atoms with Gasteiger partial charge in [0.2, 0.25) is 11.8 Å². The molecule has 148 valence electrons. The Morgan fingerprint density at radius 1 is 1.18 bits per heavy atom. The number of benzene rings is 1. The van der Waals surface area contributed by atoms with Gasteiger partial charge in [-0.05, 0) is 55.2 Å². The van der Waals surface area contributed by atoms with Gasteiger partial charge in [0.05, 0.1) is 19.3 Å². The number of nitrogens with one attached hydrogen (secondary N) is 1. The van der Waals surface area contributed by atoms with Crippen molar-refractivity contribution in [2.75, 3.05) is 13.7 Å². The Morgan fingerprint density at radius 2 is 1.93 bits per heavy atom. The monoisotopic (exact) mass is 380 g/mol. The van der Waals surface area contributed by atoms with Crippen LogP contribution in [0.2, 0.25) is 0 Å². The third kappa shape index (κ3) is 4.19. The summed E-state index contributed by atoms with van der Waals surface area (Å²) in [6.45, 7) is 6.78. The van der Waals surface area contributed by atoms with E-state index in [1.54, 1.807) is 13.3 Å². The molecule has 1 aliphatic heterocycles. The Balaban J connectivity index is 1.85. The number of amides is 1. The van der Waals surface area contributed by atoms with E-state index >= 15 is 0 Å². The van der Waals surface area contributed by atoms with Gasteiger partial charge in [-0.3, -0.25) is 4.79 Å². The van der Waals surface area contributed by atoms with Gasteiger partial charge in [0.1, 0.15) is 5.75 Å². The van der Waals surface area contributed by atoms with Gasteiger partial charge in [-0.15, -0.1) is 0 Å². The van der Waals surface area contributed by atoms with Crippen molar-refractivity contribution < 1.29 is 14.3 Å². The number of pyridine rings is 1. The minimum atomic E-state index is -0.492. The lowest BCUT2D eigenvalue weighted by molar-refractivity contribution is -0.119. The van der Waals surface area contributed by atoms with E-state index in [1.165, 1.54) is 0 Å². The molecule has 1 aromatic heterocycles. The molecule has 1 unspecified atom stereocenters. The SMILES string of the molecule is CCCCOc1ccc(C2(C)CC(c3ccc(OC)nc3)=C(C)C(=O)N2)cc1. The van der Waals surface area contributed by atoms with Crippen LogP contribution in [0.15, 0.2) is 48.2 Å². The summed E-state index contributed by atoms with van der Waals surface area (Å²) in [6.07, 6.45) is 4.60. The van der Waals surface area contributed by atoms with Gasteiger partial charge >= 0.3 is 0 Å². The Labute approximate surface area is 166 Å². The predicted octanol–water partition coefficient (Wildman–Crippen LogP) is 4.48. The van der Waals surface area contributed by atoms with Gasteiger partial charge in [0.25, 0.3) is 0 Å². The fraction of sp³-hybridized carbons (Fsp3) is 0.391. The molecule has 0 spiro atoms. The summed E-state index contributed by atoms with van der Waals surface area (Å²) in [5, 5.41) is 3.17. The molecular weight excluding hydrogens is 352 g/mol. The Kier molecular flexibility index (Phi) is 6.02. The number of hydrogen-bond donors (Lipinski definition) is 1. The first kappa shape index (κ1) is 19.9. The van der Waals surface area contributed by atoms with Gasteiger partial charge in [-0.2, -0.15) is 0 Å². The average Bonchev–Trinajstić information content (AvgIpc) is 2.71. The summed E-state index contributed by atoms with van der Waals surface area (Å²) >= 11 is 0. The summed E-state index contributed by atoms with van der Waals surface area (Å²) in [5.74, 6) is 1.36. The van der Waals surface area contributed by atoms with Crippen molar-refractivity contribution in [1.82, 2.24) is 10.3 Å². The zero-order valence-corrected chi connectivity index (χ0v) is 17.0. The average molecular weight is 380 g/mol. The molecule has 0 saturated carbocycles. The summed E-state index contributed by atoms with van der Waals surface area (Å²) < 4.78 is 10.9. The molecule has 1 amide bonds. The minimum absolute atomic E-state index is 0.0529. The van der Waals surface area contributed by atoms with Gasteiger partial charge in [0, 0.05) is 24.3 Å². The van der Waals surface area contributed by atoms with Crippen LogP contribution in [-0.4, -0.2) is 24.6 Å². The third-order valence-corrected chi connectivity index (χ3v) is 5.27. The maximum atomic E-state index is 12.7. The van der Waals surface area contributed by atoms with Crippen molar-refractivity contribution in [2.24, 2.45) is 0 Å². The third-order valence-electron chi connectivity index (χ3n) is 5.27. The molecule has 28 heavy (non-hydrogen) atoms. The van der Waals surface area contributed by atoms with Crippen molar-refractivity contribution in [2.45, 2.75) is 45.6 Å². The lowest BCUT2D eigenvalue weighted by Crippen LogP contribution is -2.47. The van der Waals surface area contributed by atoms with Crippen LogP contribution in [0, 0.1) is 0 Å². The van der Waals surface area contributed by atoms with Crippen molar-refractivity contribution in [3.05, 3.63) is 59.3 Å². The molecule has 0 aliphatic carbocycles. The summed E-state index contributed by atoms with van der Waals surface area (Å²) in [6, 6.07) is 11.8. The van der Waals surface area contributed by atoms with Gasteiger partial charge in [0.15, 0.2) is 0 Å². The van der Waals surface area contributed by atoms with Crippen LogP contribution < -0.4 is 14.8 Å². The highest BCUT2D eigenvalue weighted by atomic mass is 16.5. The van der Waals surface area contributed by atoms with Crippen LogP contribution in [0.1, 0.15) is 51.2 Å². The molecule has 0 saturated heterocycles. The van der Waals surface area contributed by atoms with Gasteiger partial charge in [-0.1, -0.05) is 25.5 Å². The number of rotatable bonds is 7. The standard InChI is InChI=1S/C23H28N2O3/c1-5-6-13-28-19-10-8-18(9-11-19)23(3)14-20(16(2)22(26)25-23)17-7-12-21(27-4)24-15-17/h7-12,15H,5-6,13-14H2,1-4H3,(H,25,26). The van der Waals surface area contributed by atoms with Crippen LogP contribution in [-0.2, 0) is 10.3 Å². The largest absolute Gasteiger partial charge is 0.494 e. The number of hydrogen-bond acceptors (Lipinski definition) is 4. The second kappa shape index (κ2) is 8.46. The van der Waals surface area contributed by atoms with E-state index < -0.39 is 5.54 Å². The predicted molar refractivity (Wildman–Crippen MR) is 110 cm³/mol. The Morgan fingerprint density at radius 3 is 2.54 bits per heavy atom. The highest BCUT2D eigenvalue weighted by Gasteiger charge is 2.36. The Hall–Kier alpha value is -2.82. The summed E-state index contributed by atoms with van der Waals surface area (Å²) in [7, 11) is 1.59.